The maximum absolute atomic E-state index is 5.57. The van der Waals surface area contributed by atoms with Gasteiger partial charge >= 0.3 is 0 Å². The van der Waals surface area contributed by atoms with Crippen molar-refractivity contribution in [2.75, 3.05) is 18.0 Å². The van der Waals surface area contributed by atoms with Crippen molar-refractivity contribution < 1.29 is 0 Å². The topological polar surface area (TPSA) is 42.2 Å². The Bertz CT molecular complexity index is 479. The van der Waals surface area contributed by atoms with Gasteiger partial charge in [0.25, 0.3) is 0 Å². The number of pyridine rings is 1. The lowest BCUT2D eigenvalue weighted by Crippen LogP contribution is -2.22. The number of aromatic nitrogens is 1. The van der Waals surface area contributed by atoms with Crippen LogP contribution in [0.25, 0.3) is 0 Å². The zero-order valence-electron chi connectivity index (χ0n) is 11.4. The van der Waals surface area contributed by atoms with Crippen molar-refractivity contribution in [3.05, 3.63) is 59.9 Å². The first-order chi connectivity index (χ1) is 9.33. The minimum Gasteiger partial charge on any atom is -0.366 e. The lowest BCUT2D eigenvalue weighted by molar-refractivity contribution is 0.809. The van der Waals surface area contributed by atoms with Crippen LogP contribution in [0.3, 0.4) is 0 Å². The van der Waals surface area contributed by atoms with E-state index in [0.29, 0.717) is 6.54 Å². The van der Waals surface area contributed by atoms with Crippen LogP contribution >= 0.6 is 0 Å². The molecular weight excluding hydrogens is 234 g/mol. The number of hydrogen-bond acceptors (Lipinski definition) is 3. The van der Waals surface area contributed by atoms with Gasteiger partial charge in [-0.1, -0.05) is 18.2 Å². The molecule has 3 nitrogen and oxygen atoms in total. The molecule has 2 rings (SSSR count). The molecule has 0 saturated heterocycles. The van der Waals surface area contributed by atoms with Gasteiger partial charge in [0.1, 0.15) is 0 Å². The Balaban J connectivity index is 2.08. The quantitative estimate of drug-likeness (QED) is 0.862. The second-order valence-corrected chi connectivity index (χ2v) is 4.54. The summed E-state index contributed by atoms with van der Waals surface area (Å²) >= 11 is 0. The zero-order valence-corrected chi connectivity index (χ0v) is 11.4. The highest BCUT2D eigenvalue weighted by atomic mass is 15.1. The van der Waals surface area contributed by atoms with Gasteiger partial charge in [-0.05, 0) is 49.7 Å². The van der Waals surface area contributed by atoms with Gasteiger partial charge in [0.2, 0.25) is 0 Å². The number of benzene rings is 1. The van der Waals surface area contributed by atoms with Crippen molar-refractivity contribution in [3.63, 3.8) is 0 Å². The van der Waals surface area contributed by atoms with Gasteiger partial charge in [-0.15, -0.1) is 0 Å². The van der Waals surface area contributed by atoms with E-state index < -0.39 is 0 Å². The van der Waals surface area contributed by atoms with Crippen molar-refractivity contribution in [3.8, 4) is 0 Å². The average Bonchev–Trinajstić information content (AvgIpc) is 2.47. The first-order valence-electron chi connectivity index (χ1n) is 6.77. The van der Waals surface area contributed by atoms with E-state index >= 15 is 0 Å². The van der Waals surface area contributed by atoms with Crippen molar-refractivity contribution in [2.24, 2.45) is 5.73 Å². The van der Waals surface area contributed by atoms with E-state index in [2.05, 4.69) is 47.1 Å². The molecule has 0 saturated carbocycles. The number of rotatable bonds is 6. The molecule has 0 spiro atoms. The predicted molar refractivity (Wildman–Crippen MR) is 80.2 cm³/mol. The summed E-state index contributed by atoms with van der Waals surface area (Å²) in [5, 5.41) is 0. The fourth-order valence-corrected chi connectivity index (χ4v) is 2.11. The van der Waals surface area contributed by atoms with Gasteiger partial charge in [0.05, 0.1) is 12.2 Å². The van der Waals surface area contributed by atoms with Crippen LogP contribution in [0.2, 0.25) is 0 Å². The molecule has 0 aliphatic rings. The second kappa shape index (κ2) is 6.90. The minimum atomic E-state index is 0.699. The van der Waals surface area contributed by atoms with Gasteiger partial charge in [-0.2, -0.15) is 0 Å². The van der Waals surface area contributed by atoms with Crippen LogP contribution in [0.5, 0.6) is 0 Å². The van der Waals surface area contributed by atoms with Crippen LogP contribution in [0, 0.1) is 0 Å². The zero-order chi connectivity index (χ0) is 13.5. The molecule has 0 radical (unpaired) electrons. The third kappa shape index (κ3) is 3.80. The van der Waals surface area contributed by atoms with Crippen LogP contribution in [-0.2, 0) is 13.0 Å². The highest BCUT2D eigenvalue weighted by molar-refractivity contribution is 5.47. The molecule has 0 aliphatic carbocycles. The van der Waals surface area contributed by atoms with Crippen molar-refractivity contribution in [1.82, 2.24) is 4.98 Å². The normalized spacial score (nSPS) is 10.4. The summed E-state index contributed by atoms with van der Waals surface area (Å²) in [5.74, 6) is 0. The summed E-state index contributed by atoms with van der Waals surface area (Å²) in [4.78, 5) is 6.69. The summed E-state index contributed by atoms with van der Waals surface area (Å²) in [6, 6.07) is 14.7. The Kier molecular flexibility index (Phi) is 4.93. The van der Waals surface area contributed by atoms with Gasteiger partial charge < -0.3 is 10.6 Å². The molecule has 100 valence electrons. The van der Waals surface area contributed by atoms with Crippen LogP contribution in [0.1, 0.15) is 18.2 Å². The summed E-state index contributed by atoms with van der Waals surface area (Å²) in [6.45, 7) is 4.67. The fourth-order valence-electron chi connectivity index (χ4n) is 2.11. The van der Waals surface area contributed by atoms with Crippen LogP contribution in [0.4, 0.5) is 5.69 Å². The molecule has 1 heterocycles. The largest absolute Gasteiger partial charge is 0.366 e. The molecule has 2 N–H and O–H groups in total. The van der Waals surface area contributed by atoms with E-state index in [0.717, 1.165) is 25.2 Å². The van der Waals surface area contributed by atoms with Gasteiger partial charge in [-0.3, -0.25) is 4.98 Å². The molecule has 3 heteroatoms. The van der Waals surface area contributed by atoms with E-state index in [-0.39, 0.29) is 0 Å². The third-order valence-corrected chi connectivity index (χ3v) is 3.20. The molecular formula is C16H21N3. The highest BCUT2D eigenvalue weighted by Crippen LogP contribution is 2.17. The van der Waals surface area contributed by atoms with Crippen molar-refractivity contribution in [1.29, 1.82) is 0 Å². The van der Waals surface area contributed by atoms with Crippen LogP contribution < -0.4 is 10.6 Å². The molecule has 0 amide bonds. The standard InChI is InChI=1S/C16H21N3/c1-2-19(13-15-5-3-4-12-18-15)16-8-6-14(7-9-16)10-11-17/h3-9,12H,2,10-11,13,17H2,1H3. The Morgan fingerprint density at radius 1 is 1.11 bits per heavy atom. The molecule has 0 aliphatic heterocycles. The molecule has 0 atom stereocenters. The second-order valence-electron chi connectivity index (χ2n) is 4.54. The Hall–Kier alpha value is -1.87. The molecule has 0 bridgehead atoms. The first-order valence-corrected chi connectivity index (χ1v) is 6.77. The maximum Gasteiger partial charge on any atom is 0.0601 e. The van der Waals surface area contributed by atoms with E-state index in [1.807, 2.05) is 18.3 Å². The molecule has 0 unspecified atom stereocenters. The fraction of sp³-hybridized carbons (Fsp3) is 0.312. The Labute approximate surface area is 115 Å². The summed E-state index contributed by atoms with van der Waals surface area (Å²) < 4.78 is 0. The van der Waals surface area contributed by atoms with Crippen molar-refractivity contribution in [2.45, 2.75) is 19.9 Å². The number of anilines is 1. The first kappa shape index (κ1) is 13.6. The summed E-state index contributed by atoms with van der Waals surface area (Å²) in [6.07, 6.45) is 2.78. The number of nitrogens with zero attached hydrogens (tertiary/aromatic N) is 2. The predicted octanol–water partition coefficient (Wildman–Crippen LogP) is 2.61. The summed E-state index contributed by atoms with van der Waals surface area (Å²) in [5.41, 5.74) is 9.18. The molecule has 1 aromatic carbocycles. The Morgan fingerprint density at radius 2 is 1.89 bits per heavy atom. The van der Waals surface area contributed by atoms with E-state index in [1.165, 1.54) is 11.3 Å². The number of nitrogens with two attached hydrogens (primary N) is 1. The van der Waals surface area contributed by atoms with Gasteiger partial charge in [0, 0.05) is 18.4 Å². The van der Waals surface area contributed by atoms with Crippen LogP contribution in [0.15, 0.2) is 48.7 Å². The highest BCUT2D eigenvalue weighted by Gasteiger charge is 2.05. The Morgan fingerprint density at radius 3 is 2.47 bits per heavy atom. The van der Waals surface area contributed by atoms with Crippen LogP contribution in [-0.4, -0.2) is 18.1 Å². The molecule has 0 fully saturated rings. The van der Waals surface area contributed by atoms with Gasteiger partial charge in [0.15, 0.2) is 0 Å². The third-order valence-electron chi connectivity index (χ3n) is 3.20. The summed E-state index contributed by atoms with van der Waals surface area (Å²) in [7, 11) is 0. The maximum atomic E-state index is 5.57. The van der Waals surface area contributed by atoms with E-state index in [4.69, 9.17) is 5.73 Å². The monoisotopic (exact) mass is 255 g/mol. The van der Waals surface area contributed by atoms with E-state index in [1.54, 1.807) is 0 Å². The molecule has 2 aromatic rings. The lowest BCUT2D eigenvalue weighted by Gasteiger charge is -2.23. The SMILES string of the molecule is CCN(Cc1ccccn1)c1ccc(CCN)cc1. The molecule has 1 aromatic heterocycles. The lowest BCUT2D eigenvalue weighted by atomic mass is 10.1. The molecule has 19 heavy (non-hydrogen) atoms. The number of hydrogen-bond donors (Lipinski definition) is 1. The van der Waals surface area contributed by atoms with Gasteiger partial charge in [-0.25, -0.2) is 0 Å². The smallest absolute Gasteiger partial charge is 0.0601 e. The minimum absolute atomic E-state index is 0.699. The average molecular weight is 255 g/mol. The van der Waals surface area contributed by atoms with E-state index in [9.17, 15) is 0 Å². The van der Waals surface area contributed by atoms with Crippen molar-refractivity contribution >= 4 is 5.69 Å².